The Bertz CT molecular complexity index is 811. The van der Waals surface area contributed by atoms with E-state index in [-0.39, 0.29) is 12.6 Å². The van der Waals surface area contributed by atoms with Crippen molar-refractivity contribution in [1.82, 2.24) is 10.6 Å². The van der Waals surface area contributed by atoms with Crippen LogP contribution in [0.5, 0.6) is 0 Å². The normalized spacial score (nSPS) is 12.6. The van der Waals surface area contributed by atoms with E-state index in [9.17, 15) is 14.4 Å². The topological polar surface area (TPSA) is 84.5 Å². The number of benzene rings is 2. The number of rotatable bonds is 7. The number of carbonyl (C=O) groups excluding carboxylic acids is 3. The third kappa shape index (κ3) is 6.53. The Balaban J connectivity index is 1.79. The van der Waals surface area contributed by atoms with Crippen molar-refractivity contribution in [2.45, 2.75) is 26.0 Å². The van der Waals surface area contributed by atoms with Crippen LogP contribution in [0.25, 0.3) is 0 Å². The lowest BCUT2D eigenvalue weighted by atomic mass is 10.1. The van der Waals surface area contributed by atoms with Gasteiger partial charge in [-0.2, -0.15) is 0 Å². The van der Waals surface area contributed by atoms with Gasteiger partial charge in [0, 0.05) is 10.0 Å². The first-order chi connectivity index (χ1) is 12.9. The average molecular weight is 433 g/mol. The van der Waals surface area contributed by atoms with Crippen LogP contribution in [0.4, 0.5) is 0 Å². The molecule has 0 fully saturated rings. The first-order valence-electron chi connectivity index (χ1n) is 8.45. The van der Waals surface area contributed by atoms with Crippen LogP contribution in [0, 0.1) is 0 Å². The second-order valence-electron chi connectivity index (χ2n) is 5.97. The lowest BCUT2D eigenvalue weighted by Gasteiger charge is -2.18. The molecule has 0 aliphatic rings. The molecular weight excluding hydrogens is 412 g/mol. The first-order valence-corrected chi connectivity index (χ1v) is 9.24. The van der Waals surface area contributed by atoms with Gasteiger partial charge >= 0.3 is 5.97 Å². The van der Waals surface area contributed by atoms with Gasteiger partial charge in [-0.15, -0.1) is 0 Å². The number of carbonyl (C=O) groups is 3. The average Bonchev–Trinajstić information content (AvgIpc) is 2.66. The first kappa shape index (κ1) is 20.6. The number of esters is 1. The van der Waals surface area contributed by atoms with Crippen LogP contribution in [0.2, 0.25) is 0 Å². The van der Waals surface area contributed by atoms with Crippen LogP contribution in [0.3, 0.4) is 0 Å². The van der Waals surface area contributed by atoms with Crippen molar-refractivity contribution in [3.05, 3.63) is 70.2 Å². The minimum absolute atomic E-state index is 0.212. The largest absolute Gasteiger partial charge is 0.451 e. The maximum Gasteiger partial charge on any atom is 0.326 e. The molecule has 0 spiro atoms. The molecule has 6 nitrogen and oxygen atoms in total. The Kier molecular flexibility index (Phi) is 7.55. The van der Waals surface area contributed by atoms with Crippen molar-refractivity contribution in [2.24, 2.45) is 0 Å². The molecule has 7 heteroatoms. The maximum absolute atomic E-state index is 12.2. The Morgan fingerprint density at radius 3 is 2.41 bits per heavy atom. The fraction of sp³-hybridized carbons (Fsp3) is 0.250. The lowest BCUT2D eigenvalue weighted by molar-refractivity contribution is -0.154. The highest BCUT2D eigenvalue weighted by atomic mass is 79.9. The molecule has 0 radical (unpaired) electrons. The quantitative estimate of drug-likeness (QED) is 0.658. The van der Waals surface area contributed by atoms with Crippen LogP contribution >= 0.6 is 15.9 Å². The van der Waals surface area contributed by atoms with Gasteiger partial charge in [0.25, 0.3) is 11.8 Å². The number of hydrogen-bond acceptors (Lipinski definition) is 4. The minimum Gasteiger partial charge on any atom is -0.451 e. The molecule has 0 bridgehead atoms. The number of halogens is 1. The molecule has 2 amide bonds. The Labute approximate surface area is 166 Å². The molecule has 0 aliphatic carbocycles. The van der Waals surface area contributed by atoms with Crippen LogP contribution in [0.1, 0.15) is 35.8 Å². The van der Waals surface area contributed by atoms with E-state index in [1.165, 1.54) is 6.92 Å². The molecule has 2 rings (SSSR count). The monoisotopic (exact) mass is 432 g/mol. The second kappa shape index (κ2) is 9.87. The van der Waals surface area contributed by atoms with Crippen LogP contribution in [-0.2, 0) is 14.3 Å². The molecule has 0 saturated carbocycles. The van der Waals surface area contributed by atoms with E-state index in [1.807, 2.05) is 37.3 Å². The Morgan fingerprint density at radius 2 is 1.74 bits per heavy atom. The van der Waals surface area contributed by atoms with Gasteiger partial charge in [-0.1, -0.05) is 52.3 Å². The van der Waals surface area contributed by atoms with Gasteiger partial charge in [0.1, 0.15) is 6.54 Å². The highest BCUT2D eigenvalue weighted by Crippen LogP contribution is 2.12. The zero-order valence-corrected chi connectivity index (χ0v) is 16.7. The van der Waals surface area contributed by atoms with Crippen molar-refractivity contribution < 1.29 is 19.1 Å². The minimum atomic E-state index is -0.966. The number of ether oxygens (including phenoxy) is 1. The highest BCUT2D eigenvalue weighted by molar-refractivity contribution is 9.10. The van der Waals surface area contributed by atoms with E-state index in [0.717, 1.165) is 10.0 Å². The summed E-state index contributed by atoms with van der Waals surface area (Å²) in [6.07, 6.45) is -0.966. The molecule has 2 unspecified atom stereocenters. The molecular formula is C20H21BrN2O4. The van der Waals surface area contributed by atoms with E-state index in [2.05, 4.69) is 26.6 Å². The summed E-state index contributed by atoms with van der Waals surface area (Å²) < 4.78 is 5.84. The van der Waals surface area contributed by atoms with Crippen molar-refractivity contribution in [3.8, 4) is 0 Å². The summed E-state index contributed by atoms with van der Waals surface area (Å²) in [6, 6.07) is 16.0. The fourth-order valence-corrected chi connectivity index (χ4v) is 2.73. The number of amides is 2. The van der Waals surface area contributed by atoms with Crippen molar-refractivity contribution in [3.63, 3.8) is 0 Å². The lowest BCUT2D eigenvalue weighted by Crippen LogP contribution is -2.39. The third-order valence-electron chi connectivity index (χ3n) is 3.82. The molecule has 0 aliphatic heterocycles. The van der Waals surface area contributed by atoms with Gasteiger partial charge < -0.3 is 15.4 Å². The van der Waals surface area contributed by atoms with Crippen LogP contribution in [-0.4, -0.2) is 30.4 Å². The van der Waals surface area contributed by atoms with Gasteiger partial charge in [0.05, 0.1) is 6.04 Å². The second-order valence-corrected chi connectivity index (χ2v) is 6.88. The van der Waals surface area contributed by atoms with Gasteiger partial charge in [-0.05, 0) is 37.6 Å². The smallest absolute Gasteiger partial charge is 0.326 e. The zero-order chi connectivity index (χ0) is 19.8. The van der Waals surface area contributed by atoms with Crippen molar-refractivity contribution in [2.75, 3.05) is 6.54 Å². The summed E-state index contributed by atoms with van der Waals surface area (Å²) in [4.78, 5) is 36.1. The highest BCUT2D eigenvalue weighted by Gasteiger charge is 2.20. The summed E-state index contributed by atoms with van der Waals surface area (Å²) in [5, 5.41) is 5.26. The van der Waals surface area contributed by atoms with E-state index in [1.54, 1.807) is 24.3 Å². The summed E-state index contributed by atoms with van der Waals surface area (Å²) >= 11 is 3.28. The molecule has 0 saturated heterocycles. The van der Waals surface area contributed by atoms with Gasteiger partial charge in [-0.3, -0.25) is 14.4 Å². The number of nitrogens with one attached hydrogen (secondary N) is 2. The molecule has 2 aromatic rings. The van der Waals surface area contributed by atoms with Crippen molar-refractivity contribution in [1.29, 1.82) is 0 Å². The number of hydrogen-bond donors (Lipinski definition) is 2. The predicted molar refractivity (Wildman–Crippen MR) is 105 cm³/mol. The molecule has 27 heavy (non-hydrogen) atoms. The Morgan fingerprint density at radius 1 is 1.04 bits per heavy atom. The summed E-state index contributed by atoms with van der Waals surface area (Å²) in [6.45, 7) is 3.01. The summed E-state index contributed by atoms with van der Waals surface area (Å²) in [7, 11) is 0. The third-order valence-corrected chi connectivity index (χ3v) is 4.31. The van der Waals surface area contributed by atoms with Crippen LogP contribution < -0.4 is 10.6 Å². The summed E-state index contributed by atoms with van der Waals surface area (Å²) in [5.41, 5.74) is 1.37. The van der Waals surface area contributed by atoms with Crippen LogP contribution in [0.15, 0.2) is 59.1 Å². The van der Waals surface area contributed by atoms with Gasteiger partial charge in [-0.25, -0.2) is 0 Å². The Hall–Kier alpha value is -2.67. The van der Waals surface area contributed by atoms with Gasteiger partial charge in [0.2, 0.25) is 0 Å². The molecule has 0 aromatic heterocycles. The standard InChI is InChI=1S/C20H21BrN2O4/c1-13(15-7-4-3-5-8-15)23-19(25)14(2)27-18(24)12-22-20(26)16-9-6-10-17(21)11-16/h3-11,13-14H,12H2,1-2H3,(H,22,26)(H,23,25). The zero-order valence-electron chi connectivity index (χ0n) is 15.1. The van der Waals surface area contributed by atoms with Crippen molar-refractivity contribution >= 4 is 33.7 Å². The van der Waals surface area contributed by atoms with Gasteiger partial charge in [0.15, 0.2) is 6.10 Å². The summed E-state index contributed by atoms with van der Waals surface area (Å²) in [5.74, 6) is -1.49. The van der Waals surface area contributed by atoms with E-state index in [4.69, 9.17) is 4.74 Å². The fourth-order valence-electron chi connectivity index (χ4n) is 2.33. The molecule has 2 N–H and O–H groups in total. The molecule has 0 heterocycles. The molecule has 142 valence electrons. The van der Waals surface area contributed by atoms with E-state index >= 15 is 0 Å². The molecule has 2 aromatic carbocycles. The molecule has 2 atom stereocenters. The van der Waals surface area contributed by atoms with E-state index < -0.39 is 23.9 Å². The predicted octanol–water partition coefficient (Wildman–Crippen LogP) is 2.99. The SMILES string of the molecule is CC(OC(=O)CNC(=O)c1cccc(Br)c1)C(=O)NC(C)c1ccccc1. The van der Waals surface area contributed by atoms with E-state index in [0.29, 0.717) is 5.56 Å². The maximum atomic E-state index is 12.2.